The van der Waals surface area contributed by atoms with Gasteiger partial charge in [-0.15, -0.1) is 0 Å². The second kappa shape index (κ2) is 7.11. The van der Waals surface area contributed by atoms with Crippen LogP contribution in [0.3, 0.4) is 0 Å². The van der Waals surface area contributed by atoms with E-state index in [1.54, 1.807) is 19.9 Å². The van der Waals surface area contributed by atoms with Crippen LogP contribution >= 0.6 is 0 Å². The lowest BCUT2D eigenvalue weighted by Gasteiger charge is -2.27. The fourth-order valence-electron chi connectivity index (χ4n) is 3.51. The molecule has 3 rings (SSSR count). The summed E-state index contributed by atoms with van der Waals surface area (Å²) in [4.78, 5) is 0. The van der Waals surface area contributed by atoms with Crippen molar-refractivity contribution in [3.63, 3.8) is 0 Å². The molecule has 0 spiro atoms. The Labute approximate surface area is 151 Å². The van der Waals surface area contributed by atoms with Crippen LogP contribution in [0.2, 0.25) is 0 Å². The van der Waals surface area contributed by atoms with Crippen LogP contribution < -0.4 is 0 Å². The molecule has 0 aromatic heterocycles. The molecule has 2 fully saturated rings. The van der Waals surface area contributed by atoms with Crippen molar-refractivity contribution in [2.75, 3.05) is 0 Å². The maximum Gasteiger partial charge on any atom is 0.416 e. The van der Waals surface area contributed by atoms with Gasteiger partial charge in [0.25, 0.3) is 0 Å². The van der Waals surface area contributed by atoms with E-state index in [1.807, 2.05) is 0 Å². The number of fused-ring (bicyclic) bond motifs is 1. The second-order valence-corrected chi connectivity index (χ2v) is 7.70. The molecule has 1 aromatic rings. The highest BCUT2D eigenvalue weighted by molar-refractivity contribution is 5.29. The molecule has 2 heterocycles. The maximum atomic E-state index is 13.2. The predicted octanol–water partition coefficient (Wildman–Crippen LogP) is 4.51. The van der Waals surface area contributed by atoms with Gasteiger partial charge in [0.2, 0.25) is 0 Å². The van der Waals surface area contributed by atoms with Crippen LogP contribution in [0.4, 0.5) is 13.2 Å². The Morgan fingerprint density at radius 3 is 2.50 bits per heavy atom. The molecular weight excluding hydrogens is 349 g/mol. The molecule has 2 aliphatic heterocycles. The van der Waals surface area contributed by atoms with Gasteiger partial charge in [0, 0.05) is 0 Å². The number of hydrogen-bond donors (Lipinski definition) is 0. The van der Waals surface area contributed by atoms with Gasteiger partial charge in [-0.1, -0.05) is 32.0 Å². The first-order valence-electron chi connectivity index (χ1n) is 8.84. The van der Waals surface area contributed by atoms with E-state index in [0.29, 0.717) is 12.3 Å². The lowest BCUT2D eigenvalue weighted by atomic mass is 10.0. The van der Waals surface area contributed by atoms with E-state index in [4.69, 9.17) is 18.9 Å². The summed E-state index contributed by atoms with van der Waals surface area (Å²) in [6.07, 6.45) is -5.47. The van der Waals surface area contributed by atoms with Gasteiger partial charge in [-0.2, -0.15) is 13.2 Å². The third kappa shape index (κ3) is 4.22. The molecule has 0 unspecified atom stereocenters. The van der Waals surface area contributed by atoms with E-state index >= 15 is 0 Å². The van der Waals surface area contributed by atoms with Gasteiger partial charge < -0.3 is 18.9 Å². The van der Waals surface area contributed by atoms with Crippen molar-refractivity contribution in [1.82, 2.24) is 0 Å². The summed E-state index contributed by atoms with van der Waals surface area (Å²) in [6.45, 7) is 7.51. The Kier molecular flexibility index (Phi) is 5.36. The molecule has 26 heavy (non-hydrogen) atoms. The molecule has 0 amide bonds. The first kappa shape index (κ1) is 19.6. The Morgan fingerprint density at radius 2 is 1.85 bits per heavy atom. The lowest BCUT2D eigenvalue weighted by molar-refractivity contribution is -0.220. The maximum absolute atomic E-state index is 13.2. The number of ether oxygens (including phenoxy) is 4. The Morgan fingerprint density at radius 1 is 1.15 bits per heavy atom. The standard InChI is InChI=1S/C19H25F3O4/c1-11(2)9-14-15(16-17(24-14)26-18(3,4)25-16)23-10-12-7-5-6-8-13(12)19(20,21)22/h5-8,11,14-17H,9-10H2,1-4H3/t14-,15+,16-,17-/m1/s1. The van der Waals surface area contributed by atoms with E-state index in [2.05, 4.69) is 13.8 Å². The first-order valence-corrected chi connectivity index (χ1v) is 8.84. The van der Waals surface area contributed by atoms with Crippen LogP contribution in [0.25, 0.3) is 0 Å². The average molecular weight is 374 g/mol. The third-order valence-corrected chi connectivity index (χ3v) is 4.55. The molecule has 0 N–H and O–H groups in total. The van der Waals surface area contributed by atoms with Crippen molar-refractivity contribution < 1.29 is 32.1 Å². The molecular formula is C19H25F3O4. The van der Waals surface area contributed by atoms with Crippen LogP contribution in [0.15, 0.2) is 24.3 Å². The zero-order valence-electron chi connectivity index (χ0n) is 15.4. The highest BCUT2D eigenvalue weighted by atomic mass is 19.4. The summed E-state index contributed by atoms with van der Waals surface area (Å²) in [5, 5.41) is 0. The molecule has 4 atom stereocenters. The fourth-order valence-corrected chi connectivity index (χ4v) is 3.51. The molecule has 4 nitrogen and oxygen atoms in total. The second-order valence-electron chi connectivity index (χ2n) is 7.70. The SMILES string of the molecule is CC(C)C[C@H]1O[C@@H]2OC(C)(C)O[C@@H]2[C@H]1OCc1ccccc1C(F)(F)F. The normalized spacial score (nSPS) is 30.8. The van der Waals surface area contributed by atoms with E-state index < -0.39 is 36.0 Å². The van der Waals surface area contributed by atoms with Crippen LogP contribution in [0, 0.1) is 5.92 Å². The lowest BCUT2D eigenvalue weighted by Crippen LogP contribution is -2.37. The van der Waals surface area contributed by atoms with E-state index in [0.717, 1.165) is 6.07 Å². The minimum absolute atomic E-state index is 0.102. The highest BCUT2D eigenvalue weighted by Crippen LogP contribution is 2.41. The van der Waals surface area contributed by atoms with Crippen molar-refractivity contribution in [2.24, 2.45) is 5.92 Å². The molecule has 0 radical (unpaired) electrons. The van der Waals surface area contributed by atoms with E-state index in [9.17, 15) is 13.2 Å². The van der Waals surface area contributed by atoms with Crippen molar-refractivity contribution in [1.29, 1.82) is 0 Å². The van der Waals surface area contributed by atoms with Gasteiger partial charge in [0.1, 0.15) is 12.2 Å². The van der Waals surface area contributed by atoms with Crippen molar-refractivity contribution in [2.45, 2.75) is 77.3 Å². The quantitative estimate of drug-likeness (QED) is 0.760. The summed E-state index contributed by atoms with van der Waals surface area (Å²) >= 11 is 0. The topological polar surface area (TPSA) is 36.9 Å². The van der Waals surface area contributed by atoms with Gasteiger partial charge in [0.15, 0.2) is 12.1 Å². The number of alkyl halides is 3. The van der Waals surface area contributed by atoms with Crippen LogP contribution in [0.5, 0.6) is 0 Å². The van der Waals surface area contributed by atoms with E-state index in [-0.39, 0.29) is 18.3 Å². The molecule has 2 aliphatic rings. The molecule has 0 saturated carbocycles. The van der Waals surface area contributed by atoms with Crippen molar-refractivity contribution >= 4 is 0 Å². The average Bonchev–Trinajstić information content (AvgIpc) is 2.95. The van der Waals surface area contributed by atoms with Crippen molar-refractivity contribution in [3.05, 3.63) is 35.4 Å². The molecule has 146 valence electrons. The number of hydrogen-bond acceptors (Lipinski definition) is 4. The van der Waals surface area contributed by atoms with Gasteiger partial charge in [-0.25, -0.2) is 0 Å². The third-order valence-electron chi connectivity index (χ3n) is 4.55. The smallest absolute Gasteiger partial charge is 0.368 e. The molecule has 0 aliphatic carbocycles. The highest BCUT2D eigenvalue weighted by Gasteiger charge is 2.55. The molecule has 1 aromatic carbocycles. The monoisotopic (exact) mass is 374 g/mol. The summed E-state index contributed by atoms with van der Waals surface area (Å²) in [6, 6.07) is 5.45. The Hall–Kier alpha value is -1.15. The van der Waals surface area contributed by atoms with Crippen LogP contribution in [0.1, 0.15) is 45.2 Å². The Bertz CT molecular complexity index is 629. The van der Waals surface area contributed by atoms with E-state index in [1.165, 1.54) is 12.1 Å². The van der Waals surface area contributed by atoms with Crippen LogP contribution in [-0.2, 0) is 31.7 Å². The predicted molar refractivity (Wildman–Crippen MR) is 88.2 cm³/mol. The zero-order chi connectivity index (χ0) is 19.1. The molecule has 7 heteroatoms. The largest absolute Gasteiger partial charge is 0.416 e. The first-order chi connectivity index (χ1) is 12.1. The number of benzene rings is 1. The minimum atomic E-state index is -4.42. The number of rotatable bonds is 5. The van der Waals surface area contributed by atoms with Gasteiger partial charge >= 0.3 is 6.18 Å². The van der Waals surface area contributed by atoms with Gasteiger partial charge in [0.05, 0.1) is 18.3 Å². The Balaban J connectivity index is 1.76. The summed E-state index contributed by atoms with van der Waals surface area (Å²) in [7, 11) is 0. The molecule has 2 saturated heterocycles. The minimum Gasteiger partial charge on any atom is -0.368 e. The van der Waals surface area contributed by atoms with Gasteiger partial charge in [-0.3, -0.25) is 0 Å². The van der Waals surface area contributed by atoms with Crippen molar-refractivity contribution in [3.8, 4) is 0 Å². The number of halogens is 3. The zero-order valence-corrected chi connectivity index (χ0v) is 15.4. The summed E-state index contributed by atoms with van der Waals surface area (Å²) in [5.74, 6) is -0.454. The summed E-state index contributed by atoms with van der Waals surface area (Å²) < 4.78 is 63.0. The fraction of sp³-hybridized carbons (Fsp3) is 0.684. The molecule has 0 bridgehead atoms. The van der Waals surface area contributed by atoms with Crippen LogP contribution in [-0.4, -0.2) is 30.4 Å². The van der Waals surface area contributed by atoms with Gasteiger partial charge in [-0.05, 0) is 37.8 Å². The summed E-state index contributed by atoms with van der Waals surface area (Å²) in [5.41, 5.74) is -0.579.